The Bertz CT molecular complexity index is 117. The highest BCUT2D eigenvalue weighted by atomic mass is 79.9. The van der Waals surface area contributed by atoms with Crippen LogP contribution in [0, 0.1) is 0 Å². The maximum absolute atomic E-state index is 10.4. The summed E-state index contributed by atoms with van der Waals surface area (Å²) in [7, 11) is 1.57. The van der Waals surface area contributed by atoms with Crippen LogP contribution in [-0.2, 0) is 4.79 Å². The van der Waals surface area contributed by atoms with Crippen molar-refractivity contribution in [2.75, 3.05) is 7.05 Å². The maximum atomic E-state index is 10.4. The van der Waals surface area contributed by atoms with E-state index in [0.29, 0.717) is 3.39 Å². The van der Waals surface area contributed by atoms with Gasteiger partial charge in [-0.3, -0.25) is 4.79 Å². The molecule has 0 bridgehead atoms. The molecular weight excluding hydrogens is 238 g/mol. The Balaban J connectivity index is 3.70. The van der Waals surface area contributed by atoms with Gasteiger partial charge in [-0.05, 0) is 31.9 Å². The van der Waals surface area contributed by atoms with Crippen molar-refractivity contribution in [2.45, 2.75) is 0 Å². The minimum atomic E-state index is -0.131. The molecule has 1 amide bonds. The lowest BCUT2D eigenvalue weighted by Gasteiger charge is -1.87. The zero-order valence-corrected chi connectivity index (χ0v) is 7.41. The molecule has 46 valence electrons. The third-order valence-corrected chi connectivity index (χ3v) is 0.944. The topological polar surface area (TPSA) is 29.1 Å². The van der Waals surface area contributed by atoms with Crippen molar-refractivity contribution < 1.29 is 4.79 Å². The lowest BCUT2D eigenvalue weighted by molar-refractivity contribution is -0.116. The third kappa shape index (κ3) is 4.33. The highest BCUT2D eigenvalue weighted by Gasteiger charge is 1.89. The van der Waals surface area contributed by atoms with Gasteiger partial charge in [-0.1, -0.05) is 0 Å². The fraction of sp³-hybridized carbons (Fsp3) is 0.250. The summed E-state index contributed by atoms with van der Waals surface area (Å²) in [4.78, 5) is 10.4. The van der Waals surface area contributed by atoms with Crippen LogP contribution < -0.4 is 5.32 Å². The first-order chi connectivity index (χ1) is 3.66. The molecule has 0 heterocycles. The summed E-state index contributed by atoms with van der Waals surface area (Å²) in [5.74, 6) is -0.131. The minimum Gasteiger partial charge on any atom is -0.356 e. The number of halogens is 2. The molecule has 0 spiro atoms. The van der Waals surface area contributed by atoms with Crippen LogP contribution >= 0.6 is 31.9 Å². The first kappa shape index (κ1) is 8.17. The molecule has 2 nitrogen and oxygen atoms in total. The third-order valence-electron chi connectivity index (χ3n) is 0.487. The van der Waals surface area contributed by atoms with Crippen LogP contribution in [0.25, 0.3) is 0 Å². The van der Waals surface area contributed by atoms with Gasteiger partial charge in [0.2, 0.25) is 5.91 Å². The SMILES string of the molecule is CNC(=O)C=C(Br)Br. The lowest BCUT2D eigenvalue weighted by Crippen LogP contribution is -2.13. The monoisotopic (exact) mass is 241 g/mol. The Hall–Kier alpha value is 0.170. The van der Waals surface area contributed by atoms with Crippen molar-refractivity contribution in [3.05, 3.63) is 9.47 Å². The van der Waals surface area contributed by atoms with Crippen LogP contribution in [0.1, 0.15) is 0 Å². The summed E-state index contributed by atoms with van der Waals surface area (Å²) in [6, 6.07) is 0. The number of hydrogen-bond acceptors (Lipinski definition) is 1. The predicted octanol–water partition coefficient (Wildman–Crippen LogP) is 1.36. The molecule has 0 unspecified atom stereocenters. The number of amides is 1. The molecule has 0 radical (unpaired) electrons. The van der Waals surface area contributed by atoms with E-state index < -0.39 is 0 Å². The summed E-state index contributed by atoms with van der Waals surface area (Å²) in [6.45, 7) is 0. The number of carbonyl (C=O) groups excluding carboxylic acids is 1. The summed E-state index contributed by atoms with van der Waals surface area (Å²) < 4.78 is 0.643. The van der Waals surface area contributed by atoms with Gasteiger partial charge in [0.05, 0.1) is 3.39 Å². The number of nitrogens with one attached hydrogen (secondary N) is 1. The molecule has 0 aromatic rings. The van der Waals surface area contributed by atoms with E-state index >= 15 is 0 Å². The summed E-state index contributed by atoms with van der Waals surface area (Å²) >= 11 is 6.07. The van der Waals surface area contributed by atoms with E-state index in [1.165, 1.54) is 6.08 Å². The van der Waals surface area contributed by atoms with E-state index in [1.54, 1.807) is 7.05 Å². The van der Waals surface area contributed by atoms with E-state index in [9.17, 15) is 4.79 Å². The number of carbonyl (C=O) groups is 1. The summed E-state index contributed by atoms with van der Waals surface area (Å²) in [6.07, 6.45) is 1.39. The van der Waals surface area contributed by atoms with E-state index in [4.69, 9.17) is 0 Å². The van der Waals surface area contributed by atoms with Gasteiger partial charge in [-0.2, -0.15) is 0 Å². The van der Waals surface area contributed by atoms with Gasteiger partial charge in [-0.25, -0.2) is 0 Å². The molecular formula is C4H5Br2NO. The number of rotatable bonds is 1. The van der Waals surface area contributed by atoms with E-state index in [0.717, 1.165) is 0 Å². The second-order valence-electron chi connectivity index (χ2n) is 1.05. The fourth-order valence-electron chi connectivity index (χ4n) is 0.171. The van der Waals surface area contributed by atoms with Crippen LogP contribution in [0.2, 0.25) is 0 Å². The molecule has 8 heavy (non-hydrogen) atoms. The first-order valence-corrected chi connectivity index (χ1v) is 3.50. The van der Waals surface area contributed by atoms with Crippen LogP contribution in [0.4, 0.5) is 0 Å². The standard InChI is InChI=1S/C4H5Br2NO/c1-7-4(8)2-3(5)6/h2H,1H3,(H,7,8). The van der Waals surface area contributed by atoms with E-state index in [2.05, 4.69) is 37.2 Å². The molecule has 0 saturated carbocycles. The molecule has 0 aliphatic rings. The van der Waals surface area contributed by atoms with Crippen LogP contribution in [0.5, 0.6) is 0 Å². The normalized spacial score (nSPS) is 7.88. The van der Waals surface area contributed by atoms with Crippen molar-refractivity contribution in [1.29, 1.82) is 0 Å². The van der Waals surface area contributed by atoms with Gasteiger partial charge in [0.25, 0.3) is 0 Å². The van der Waals surface area contributed by atoms with Crippen molar-refractivity contribution in [3.63, 3.8) is 0 Å². The molecule has 0 fully saturated rings. The highest BCUT2D eigenvalue weighted by molar-refractivity contribution is 9.28. The van der Waals surface area contributed by atoms with Gasteiger partial charge in [-0.15, -0.1) is 0 Å². The van der Waals surface area contributed by atoms with E-state index in [-0.39, 0.29) is 5.91 Å². The molecule has 0 saturated heterocycles. The molecule has 4 heteroatoms. The van der Waals surface area contributed by atoms with Gasteiger partial charge in [0.1, 0.15) is 0 Å². The highest BCUT2D eigenvalue weighted by Crippen LogP contribution is 2.11. The molecule has 0 atom stereocenters. The summed E-state index contributed by atoms with van der Waals surface area (Å²) in [5, 5.41) is 2.42. The van der Waals surface area contributed by atoms with Crippen molar-refractivity contribution in [3.8, 4) is 0 Å². The fourth-order valence-corrected chi connectivity index (χ4v) is 0.587. The van der Waals surface area contributed by atoms with Crippen LogP contribution in [-0.4, -0.2) is 13.0 Å². The zero-order chi connectivity index (χ0) is 6.57. The molecule has 0 aromatic heterocycles. The Kier molecular flexibility index (Phi) is 4.18. The molecule has 0 aromatic carbocycles. The summed E-state index contributed by atoms with van der Waals surface area (Å²) in [5.41, 5.74) is 0. The van der Waals surface area contributed by atoms with Crippen LogP contribution in [0.15, 0.2) is 9.47 Å². The van der Waals surface area contributed by atoms with Gasteiger partial charge in [0.15, 0.2) is 0 Å². The average molecular weight is 243 g/mol. The Labute approximate surface area is 64.6 Å². The van der Waals surface area contributed by atoms with Crippen LogP contribution in [0.3, 0.4) is 0 Å². The Morgan fingerprint density at radius 2 is 2.12 bits per heavy atom. The van der Waals surface area contributed by atoms with E-state index in [1.807, 2.05) is 0 Å². The molecule has 0 aliphatic carbocycles. The minimum absolute atomic E-state index is 0.131. The Morgan fingerprint density at radius 1 is 1.62 bits per heavy atom. The Morgan fingerprint density at radius 3 is 2.25 bits per heavy atom. The second kappa shape index (κ2) is 4.09. The molecule has 0 rings (SSSR count). The van der Waals surface area contributed by atoms with Gasteiger partial charge in [0, 0.05) is 13.1 Å². The molecule has 1 N–H and O–H groups in total. The number of likely N-dealkylation sites (N-methyl/N-ethyl adjacent to an activating group) is 1. The van der Waals surface area contributed by atoms with Gasteiger partial charge < -0.3 is 5.32 Å². The molecule has 0 aliphatic heterocycles. The second-order valence-corrected chi connectivity index (χ2v) is 3.82. The smallest absolute Gasteiger partial charge is 0.245 e. The van der Waals surface area contributed by atoms with Crippen molar-refractivity contribution in [2.24, 2.45) is 0 Å². The first-order valence-electron chi connectivity index (χ1n) is 1.91. The predicted molar refractivity (Wildman–Crippen MR) is 40.0 cm³/mol. The largest absolute Gasteiger partial charge is 0.356 e. The quantitative estimate of drug-likeness (QED) is 0.692. The maximum Gasteiger partial charge on any atom is 0.245 e. The van der Waals surface area contributed by atoms with Gasteiger partial charge >= 0.3 is 0 Å². The van der Waals surface area contributed by atoms with Crippen molar-refractivity contribution >= 4 is 37.8 Å². The lowest BCUT2D eigenvalue weighted by atomic mass is 10.6. The van der Waals surface area contributed by atoms with Crippen molar-refractivity contribution in [1.82, 2.24) is 5.32 Å². The average Bonchev–Trinajstić information content (AvgIpc) is 1.65. The zero-order valence-electron chi connectivity index (χ0n) is 4.24. The number of hydrogen-bond donors (Lipinski definition) is 1.